The molecule has 0 bridgehead atoms. The van der Waals surface area contributed by atoms with Gasteiger partial charge in [0.15, 0.2) is 0 Å². The number of rotatable bonds is 5. The Morgan fingerprint density at radius 1 is 0.912 bits per heavy atom. The molecule has 0 radical (unpaired) electrons. The Bertz CT molecular complexity index is 1290. The number of carbonyl (C=O) groups is 1. The predicted molar refractivity (Wildman–Crippen MR) is 134 cm³/mol. The van der Waals surface area contributed by atoms with Crippen LogP contribution in [-0.2, 0) is 21.2 Å². The van der Waals surface area contributed by atoms with Crippen molar-refractivity contribution in [3.05, 3.63) is 72.4 Å². The molecule has 1 aromatic heterocycles. The molecule has 34 heavy (non-hydrogen) atoms. The summed E-state index contributed by atoms with van der Waals surface area (Å²) >= 11 is 0. The van der Waals surface area contributed by atoms with Crippen LogP contribution in [0.5, 0.6) is 0 Å². The number of pyridine rings is 1. The molecule has 8 nitrogen and oxygen atoms in total. The third-order valence-electron chi connectivity index (χ3n) is 6.36. The lowest BCUT2D eigenvalue weighted by molar-refractivity contribution is -0.116. The second-order valence-electron chi connectivity index (χ2n) is 8.53. The van der Waals surface area contributed by atoms with Crippen molar-refractivity contribution >= 4 is 38.8 Å². The number of nitrogens with one attached hydrogen (secondary N) is 1. The second-order valence-corrected chi connectivity index (χ2v) is 10.2. The van der Waals surface area contributed by atoms with Crippen LogP contribution in [0, 0.1) is 0 Å². The van der Waals surface area contributed by atoms with Crippen LogP contribution >= 0.6 is 0 Å². The highest BCUT2D eigenvalue weighted by atomic mass is 32.2. The largest absolute Gasteiger partial charge is 0.368 e. The normalized spacial score (nSPS) is 15.9. The number of hydrogen-bond donors (Lipinski definition) is 1. The smallest absolute Gasteiger partial charge is 0.261 e. The summed E-state index contributed by atoms with van der Waals surface area (Å²) in [7, 11) is -3.76. The van der Waals surface area contributed by atoms with E-state index in [0.29, 0.717) is 18.7 Å². The molecular formula is C25H27N5O3S. The molecule has 176 valence electrons. The van der Waals surface area contributed by atoms with Gasteiger partial charge in [0.2, 0.25) is 5.91 Å². The number of piperazine rings is 1. The minimum Gasteiger partial charge on any atom is -0.368 e. The van der Waals surface area contributed by atoms with E-state index in [0.717, 1.165) is 43.2 Å². The molecule has 2 aromatic carbocycles. The Morgan fingerprint density at radius 2 is 1.65 bits per heavy atom. The number of para-hydroxylation sites is 1. The first-order chi connectivity index (χ1) is 16.4. The number of aromatic nitrogens is 1. The standard InChI is InChI=1S/C25H27N5O3S/c1-19(31)30-12-11-20-17-23(8-9-24(20)30)34(32,33)27-21-7-10-25(26-18-21)29-15-13-28(14-16-29)22-5-3-2-4-6-22/h2-10,17-18,27H,11-16H2,1H3. The van der Waals surface area contributed by atoms with Crippen molar-refractivity contribution in [2.45, 2.75) is 18.2 Å². The van der Waals surface area contributed by atoms with Crippen LogP contribution in [0.2, 0.25) is 0 Å². The predicted octanol–water partition coefficient (Wildman–Crippen LogP) is 3.12. The molecular weight excluding hydrogens is 450 g/mol. The van der Waals surface area contributed by atoms with Gasteiger partial charge in [-0.2, -0.15) is 0 Å². The van der Waals surface area contributed by atoms with Gasteiger partial charge in [-0.15, -0.1) is 0 Å². The maximum absolute atomic E-state index is 12.9. The lowest BCUT2D eigenvalue weighted by Gasteiger charge is -2.36. The second kappa shape index (κ2) is 8.98. The maximum atomic E-state index is 12.9. The number of nitrogens with zero attached hydrogens (tertiary/aromatic N) is 4. The topological polar surface area (TPSA) is 85.8 Å². The summed E-state index contributed by atoms with van der Waals surface area (Å²) in [5.74, 6) is 0.789. The molecule has 3 aromatic rings. The molecule has 0 spiro atoms. The van der Waals surface area contributed by atoms with E-state index < -0.39 is 10.0 Å². The van der Waals surface area contributed by atoms with E-state index in [9.17, 15) is 13.2 Å². The molecule has 2 aliphatic heterocycles. The number of sulfonamides is 1. The van der Waals surface area contributed by atoms with E-state index in [1.807, 2.05) is 24.3 Å². The quantitative estimate of drug-likeness (QED) is 0.608. The van der Waals surface area contributed by atoms with Crippen LogP contribution in [0.15, 0.2) is 71.8 Å². The van der Waals surface area contributed by atoms with Gasteiger partial charge in [-0.25, -0.2) is 13.4 Å². The number of hydrogen-bond acceptors (Lipinski definition) is 6. The maximum Gasteiger partial charge on any atom is 0.261 e. The Kier molecular flexibility index (Phi) is 5.87. The monoisotopic (exact) mass is 477 g/mol. The highest BCUT2D eigenvalue weighted by Crippen LogP contribution is 2.31. The minimum atomic E-state index is -3.76. The van der Waals surface area contributed by atoms with Gasteiger partial charge in [0, 0.05) is 51.0 Å². The summed E-state index contributed by atoms with van der Waals surface area (Å²) in [6, 6.07) is 18.8. The van der Waals surface area contributed by atoms with Crippen molar-refractivity contribution in [2.75, 3.05) is 52.1 Å². The summed E-state index contributed by atoms with van der Waals surface area (Å²) < 4.78 is 28.5. The van der Waals surface area contributed by atoms with Gasteiger partial charge in [0.05, 0.1) is 16.8 Å². The highest BCUT2D eigenvalue weighted by molar-refractivity contribution is 7.92. The third kappa shape index (κ3) is 4.43. The van der Waals surface area contributed by atoms with Gasteiger partial charge < -0.3 is 14.7 Å². The molecule has 1 amide bonds. The van der Waals surface area contributed by atoms with Crippen molar-refractivity contribution in [2.24, 2.45) is 0 Å². The van der Waals surface area contributed by atoms with Gasteiger partial charge in [-0.05, 0) is 54.4 Å². The first kappa shape index (κ1) is 22.2. The number of fused-ring (bicyclic) bond motifs is 1. The lowest BCUT2D eigenvalue weighted by atomic mass is 10.2. The van der Waals surface area contributed by atoms with Gasteiger partial charge >= 0.3 is 0 Å². The summed E-state index contributed by atoms with van der Waals surface area (Å²) in [5.41, 5.74) is 3.28. The van der Waals surface area contributed by atoms with Gasteiger partial charge in [0.1, 0.15) is 5.82 Å². The Hall–Kier alpha value is -3.59. The van der Waals surface area contributed by atoms with E-state index in [-0.39, 0.29) is 10.8 Å². The Balaban J connectivity index is 1.24. The molecule has 0 unspecified atom stereocenters. The number of amides is 1. The SMILES string of the molecule is CC(=O)N1CCc2cc(S(=O)(=O)Nc3ccc(N4CCN(c5ccccc5)CC4)nc3)ccc21. The highest BCUT2D eigenvalue weighted by Gasteiger charge is 2.25. The molecule has 1 fully saturated rings. The first-order valence-corrected chi connectivity index (χ1v) is 12.8. The van der Waals surface area contributed by atoms with Crippen LogP contribution in [0.4, 0.5) is 22.9 Å². The van der Waals surface area contributed by atoms with Gasteiger partial charge in [0.25, 0.3) is 10.0 Å². The van der Waals surface area contributed by atoms with Crippen molar-refractivity contribution < 1.29 is 13.2 Å². The number of benzene rings is 2. The van der Waals surface area contributed by atoms with Crippen LogP contribution < -0.4 is 19.4 Å². The fraction of sp³-hybridized carbons (Fsp3) is 0.280. The van der Waals surface area contributed by atoms with Crippen molar-refractivity contribution in [1.82, 2.24) is 4.98 Å². The summed E-state index contributed by atoms with van der Waals surface area (Å²) in [6.45, 7) is 5.59. The Morgan fingerprint density at radius 3 is 2.32 bits per heavy atom. The average molecular weight is 478 g/mol. The molecule has 0 atom stereocenters. The molecule has 0 saturated carbocycles. The first-order valence-electron chi connectivity index (χ1n) is 11.4. The molecule has 0 aliphatic carbocycles. The molecule has 1 saturated heterocycles. The van der Waals surface area contributed by atoms with Gasteiger partial charge in [-0.3, -0.25) is 9.52 Å². The zero-order valence-electron chi connectivity index (χ0n) is 19.0. The Labute approximate surface area is 199 Å². The van der Waals surface area contributed by atoms with E-state index in [1.54, 1.807) is 29.3 Å². The van der Waals surface area contributed by atoms with E-state index in [1.165, 1.54) is 18.7 Å². The fourth-order valence-electron chi connectivity index (χ4n) is 4.55. The summed E-state index contributed by atoms with van der Waals surface area (Å²) in [4.78, 5) is 22.6. The van der Waals surface area contributed by atoms with E-state index in [2.05, 4.69) is 31.6 Å². The molecule has 2 aliphatic rings. The molecule has 1 N–H and O–H groups in total. The molecule has 3 heterocycles. The van der Waals surface area contributed by atoms with Crippen LogP contribution in [0.1, 0.15) is 12.5 Å². The van der Waals surface area contributed by atoms with Crippen LogP contribution in [-0.4, -0.2) is 52.0 Å². The van der Waals surface area contributed by atoms with Crippen molar-refractivity contribution in [1.29, 1.82) is 0 Å². The van der Waals surface area contributed by atoms with Crippen molar-refractivity contribution in [3.8, 4) is 0 Å². The fourth-order valence-corrected chi connectivity index (χ4v) is 5.65. The minimum absolute atomic E-state index is 0.0416. The van der Waals surface area contributed by atoms with Crippen molar-refractivity contribution in [3.63, 3.8) is 0 Å². The average Bonchev–Trinajstić information content (AvgIpc) is 3.29. The number of carbonyl (C=O) groups excluding carboxylic acids is 1. The van der Waals surface area contributed by atoms with E-state index in [4.69, 9.17) is 0 Å². The summed E-state index contributed by atoms with van der Waals surface area (Å²) in [6.07, 6.45) is 2.20. The summed E-state index contributed by atoms with van der Waals surface area (Å²) in [5, 5.41) is 0. The molecule has 5 rings (SSSR count). The number of anilines is 4. The zero-order chi connectivity index (χ0) is 23.7. The van der Waals surface area contributed by atoms with Gasteiger partial charge in [-0.1, -0.05) is 18.2 Å². The van der Waals surface area contributed by atoms with Crippen LogP contribution in [0.3, 0.4) is 0 Å². The van der Waals surface area contributed by atoms with E-state index >= 15 is 0 Å². The lowest BCUT2D eigenvalue weighted by Crippen LogP contribution is -2.46. The zero-order valence-corrected chi connectivity index (χ0v) is 19.8. The molecule has 9 heteroatoms. The van der Waals surface area contributed by atoms with Crippen LogP contribution in [0.25, 0.3) is 0 Å². The third-order valence-corrected chi connectivity index (χ3v) is 7.74.